The van der Waals surface area contributed by atoms with Crippen LogP contribution in [-0.2, 0) is 19.4 Å². The van der Waals surface area contributed by atoms with Gasteiger partial charge in [-0.1, -0.05) is 6.07 Å². The number of carbonyl (C=O) groups is 3. The number of ketones is 2. The minimum Gasteiger partial charge on any atom is -0.478 e. The van der Waals surface area contributed by atoms with Gasteiger partial charge in [-0.3, -0.25) is 9.59 Å². The summed E-state index contributed by atoms with van der Waals surface area (Å²) in [5.41, 5.74) is -0.0228. The van der Waals surface area contributed by atoms with Gasteiger partial charge in [-0.05, 0) is 39.0 Å². The molecule has 28 heavy (non-hydrogen) atoms. The van der Waals surface area contributed by atoms with Crippen LogP contribution in [0.4, 0.5) is 26.3 Å². The number of rotatable bonds is 3. The van der Waals surface area contributed by atoms with Crippen molar-refractivity contribution in [3.8, 4) is 0 Å². The van der Waals surface area contributed by atoms with Gasteiger partial charge in [-0.15, -0.1) is 0 Å². The summed E-state index contributed by atoms with van der Waals surface area (Å²) in [5.74, 6) is -7.95. The summed E-state index contributed by atoms with van der Waals surface area (Å²) in [5, 5.41) is 8.78. The zero-order chi connectivity index (χ0) is 22.7. The third-order valence-electron chi connectivity index (χ3n) is 2.92. The Balaban J connectivity index is 0.000000546. The maximum Gasteiger partial charge on any atom is 0.458 e. The Bertz CT molecular complexity index is 838. The fraction of sp³-hybridized carbons (Fsp3) is 0.400. The van der Waals surface area contributed by atoms with E-state index in [0.29, 0.717) is 0 Å². The van der Waals surface area contributed by atoms with Gasteiger partial charge in [-0.2, -0.15) is 26.3 Å². The predicted octanol–water partition coefficient (Wildman–Crippen LogP) is 3.21. The van der Waals surface area contributed by atoms with E-state index in [-0.39, 0.29) is 10.5 Å². The Kier molecular flexibility index (Phi) is 7.56. The fourth-order valence-corrected chi connectivity index (χ4v) is 2.65. The molecule has 0 unspecified atom stereocenters. The van der Waals surface area contributed by atoms with Crippen LogP contribution in [0.5, 0.6) is 0 Å². The van der Waals surface area contributed by atoms with E-state index in [4.69, 9.17) is 5.11 Å². The number of hydrogen-bond acceptors (Lipinski definition) is 5. The van der Waals surface area contributed by atoms with Gasteiger partial charge in [0.1, 0.15) is 0 Å². The van der Waals surface area contributed by atoms with Crippen LogP contribution in [-0.4, -0.2) is 48.2 Å². The number of carbonyl (C=O) groups excluding carboxylic acids is 2. The molecule has 0 fully saturated rings. The third kappa shape index (κ3) is 6.62. The first-order valence-electron chi connectivity index (χ1n) is 7.03. The summed E-state index contributed by atoms with van der Waals surface area (Å²) in [6.45, 7) is 4.74. The smallest absolute Gasteiger partial charge is 0.458 e. The zero-order valence-corrected chi connectivity index (χ0v) is 15.3. The molecule has 0 aliphatic carbocycles. The standard InChI is InChI=1S/C11H14O4S.C4F6O2/c1-11(2,3)16(14,15)9-6-4-5-8(7-9)10(12)13;5-3(6,7)1(11)2(12)4(8,9)10/h4-7H,1-3H3,(H,12,13);. The van der Waals surface area contributed by atoms with E-state index in [2.05, 4.69) is 0 Å². The summed E-state index contributed by atoms with van der Waals surface area (Å²) in [4.78, 5) is 30.0. The van der Waals surface area contributed by atoms with Crippen molar-refractivity contribution >= 4 is 27.4 Å². The van der Waals surface area contributed by atoms with Crippen LogP contribution in [0.2, 0.25) is 0 Å². The highest BCUT2D eigenvalue weighted by Crippen LogP contribution is 2.25. The van der Waals surface area contributed by atoms with Crippen molar-refractivity contribution in [3.63, 3.8) is 0 Å². The van der Waals surface area contributed by atoms with E-state index in [1.165, 1.54) is 24.3 Å². The zero-order valence-electron chi connectivity index (χ0n) is 14.5. The fourth-order valence-electron chi connectivity index (χ4n) is 1.41. The normalized spacial score (nSPS) is 12.6. The molecule has 158 valence electrons. The SMILES string of the molecule is CC(C)(C)S(=O)(=O)c1cccc(C(=O)O)c1.O=C(C(=O)C(F)(F)F)C(F)(F)F. The number of Topliss-reactive ketones (excluding diaryl/α,β-unsaturated/α-hetero) is 2. The molecular formula is C15H14F6O6S. The number of aromatic carboxylic acids is 1. The van der Waals surface area contributed by atoms with Crippen molar-refractivity contribution in [2.75, 3.05) is 0 Å². The molecule has 0 radical (unpaired) electrons. The molecule has 0 heterocycles. The molecule has 1 N–H and O–H groups in total. The Labute approximate surface area is 155 Å². The number of hydrogen-bond donors (Lipinski definition) is 1. The average molecular weight is 436 g/mol. The van der Waals surface area contributed by atoms with E-state index >= 15 is 0 Å². The maximum absolute atomic E-state index is 12.0. The molecule has 13 heteroatoms. The van der Waals surface area contributed by atoms with E-state index in [1.807, 2.05) is 0 Å². The number of alkyl halides is 6. The lowest BCUT2D eigenvalue weighted by Crippen LogP contribution is -2.39. The monoisotopic (exact) mass is 436 g/mol. The van der Waals surface area contributed by atoms with Gasteiger partial charge < -0.3 is 5.11 Å². The predicted molar refractivity (Wildman–Crippen MR) is 82.5 cm³/mol. The van der Waals surface area contributed by atoms with Crippen LogP contribution in [0.3, 0.4) is 0 Å². The molecule has 6 nitrogen and oxygen atoms in total. The number of halogens is 6. The van der Waals surface area contributed by atoms with Gasteiger partial charge in [-0.25, -0.2) is 13.2 Å². The van der Waals surface area contributed by atoms with Crippen LogP contribution >= 0.6 is 0 Å². The number of benzene rings is 1. The Morgan fingerprint density at radius 2 is 1.25 bits per heavy atom. The van der Waals surface area contributed by atoms with E-state index in [1.54, 1.807) is 20.8 Å². The second-order valence-electron chi connectivity index (χ2n) is 6.10. The summed E-state index contributed by atoms with van der Waals surface area (Å²) >= 11 is 0. The minimum atomic E-state index is -5.77. The quantitative estimate of drug-likeness (QED) is 0.576. The van der Waals surface area contributed by atoms with E-state index in [0.717, 1.165) is 0 Å². The second-order valence-corrected chi connectivity index (χ2v) is 8.81. The molecule has 0 spiro atoms. The Morgan fingerprint density at radius 3 is 1.54 bits per heavy atom. The van der Waals surface area contributed by atoms with Crippen LogP contribution in [0, 0.1) is 0 Å². The molecule has 0 aliphatic heterocycles. The van der Waals surface area contributed by atoms with E-state index in [9.17, 15) is 49.1 Å². The first-order chi connectivity index (χ1) is 12.2. The van der Waals surface area contributed by atoms with Crippen molar-refractivity contribution in [1.82, 2.24) is 0 Å². The highest BCUT2D eigenvalue weighted by atomic mass is 32.2. The Morgan fingerprint density at radius 1 is 0.857 bits per heavy atom. The lowest BCUT2D eigenvalue weighted by Gasteiger charge is -2.19. The average Bonchev–Trinajstić information content (AvgIpc) is 2.51. The van der Waals surface area contributed by atoms with Gasteiger partial charge in [0, 0.05) is 0 Å². The molecule has 0 saturated heterocycles. The van der Waals surface area contributed by atoms with Gasteiger partial charge >= 0.3 is 29.9 Å². The van der Waals surface area contributed by atoms with Gasteiger partial charge in [0.25, 0.3) is 0 Å². The van der Waals surface area contributed by atoms with Crippen LogP contribution < -0.4 is 0 Å². The first-order valence-corrected chi connectivity index (χ1v) is 8.52. The van der Waals surface area contributed by atoms with Crippen molar-refractivity contribution in [2.24, 2.45) is 0 Å². The topological polar surface area (TPSA) is 106 Å². The van der Waals surface area contributed by atoms with Crippen molar-refractivity contribution in [2.45, 2.75) is 42.8 Å². The van der Waals surface area contributed by atoms with Crippen molar-refractivity contribution < 1.29 is 54.3 Å². The molecule has 0 atom stereocenters. The van der Waals surface area contributed by atoms with E-state index < -0.39 is 44.5 Å². The highest BCUT2D eigenvalue weighted by Gasteiger charge is 2.54. The number of carboxylic acids is 1. The summed E-state index contributed by atoms with van der Waals surface area (Å²) in [6, 6.07) is 5.39. The summed E-state index contributed by atoms with van der Waals surface area (Å²) in [7, 11) is -3.50. The Hall–Kier alpha value is -2.44. The lowest BCUT2D eigenvalue weighted by atomic mass is 10.2. The molecule has 1 rings (SSSR count). The van der Waals surface area contributed by atoms with Crippen molar-refractivity contribution in [3.05, 3.63) is 29.8 Å². The van der Waals surface area contributed by atoms with Gasteiger partial charge in [0.2, 0.25) is 0 Å². The van der Waals surface area contributed by atoms with Gasteiger partial charge in [0.05, 0.1) is 15.2 Å². The van der Waals surface area contributed by atoms with Gasteiger partial charge in [0.15, 0.2) is 9.84 Å². The molecule has 0 aliphatic rings. The minimum absolute atomic E-state index is 0.0228. The molecule has 1 aromatic carbocycles. The molecule has 0 bridgehead atoms. The second kappa shape index (κ2) is 8.29. The maximum atomic E-state index is 12.0. The highest BCUT2D eigenvalue weighted by molar-refractivity contribution is 7.92. The summed E-state index contributed by atoms with van der Waals surface area (Å²) < 4.78 is 90.1. The number of sulfone groups is 1. The first kappa shape index (κ1) is 25.6. The summed E-state index contributed by atoms with van der Waals surface area (Å²) in [6.07, 6.45) is -11.5. The molecule has 0 amide bonds. The van der Waals surface area contributed by atoms with Crippen molar-refractivity contribution in [1.29, 1.82) is 0 Å². The lowest BCUT2D eigenvalue weighted by molar-refractivity contribution is -0.193. The molecule has 0 aromatic heterocycles. The largest absolute Gasteiger partial charge is 0.478 e. The van der Waals surface area contributed by atoms with Crippen LogP contribution in [0.15, 0.2) is 29.2 Å². The molecule has 0 saturated carbocycles. The molecule has 1 aromatic rings. The molecular weight excluding hydrogens is 422 g/mol. The van der Waals surface area contributed by atoms with Crippen LogP contribution in [0.1, 0.15) is 31.1 Å². The van der Waals surface area contributed by atoms with Crippen LogP contribution in [0.25, 0.3) is 0 Å². The third-order valence-corrected chi connectivity index (χ3v) is 5.41. The number of carboxylic acid groups (broad SMARTS) is 1.